The zero-order chi connectivity index (χ0) is 11.8. The molecule has 0 aromatic carbocycles. The Labute approximate surface area is 122 Å². The molecule has 0 spiro atoms. The molecular formula is C11H16I2N2O2. The molecule has 4 atom stereocenters. The monoisotopic (exact) mass is 462 g/mol. The Morgan fingerprint density at radius 3 is 2.71 bits per heavy atom. The van der Waals surface area contributed by atoms with E-state index in [-0.39, 0.29) is 19.2 Å². The summed E-state index contributed by atoms with van der Waals surface area (Å²) in [6.07, 6.45) is 4.95. The minimum atomic E-state index is -1.02. The molecule has 4 unspecified atom stereocenters. The molecule has 2 saturated carbocycles. The summed E-state index contributed by atoms with van der Waals surface area (Å²) in [5.41, 5.74) is -0.164. The molecule has 4 fully saturated rings. The van der Waals surface area contributed by atoms with Crippen LogP contribution in [-0.2, 0) is 9.53 Å². The summed E-state index contributed by atoms with van der Waals surface area (Å²) in [5, 5.41) is 0. The van der Waals surface area contributed by atoms with Crippen molar-refractivity contribution in [1.29, 1.82) is 0 Å². The summed E-state index contributed by atoms with van der Waals surface area (Å²) in [4.78, 5) is 12.2. The van der Waals surface area contributed by atoms with Gasteiger partial charge in [0.1, 0.15) is 0 Å². The van der Waals surface area contributed by atoms with Crippen molar-refractivity contribution in [2.45, 2.75) is 45.8 Å². The number of nitrogens with one attached hydrogen (secondary N) is 2. The van der Waals surface area contributed by atoms with Crippen molar-refractivity contribution in [3.8, 4) is 0 Å². The second-order valence-corrected chi connectivity index (χ2v) is 11.5. The van der Waals surface area contributed by atoms with Crippen molar-refractivity contribution in [2.24, 2.45) is 11.8 Å². The predicted octanol–water partition coefficient (Wildman–Crippen LogP) is 2.11. The van der Waals surface area contributed by atoms with E-state index in [9.17, 15) is 4.79 Å². The fourth-order valence-electron chi connectivity index (χ4n) is 3.55. The third-order valence-corrected chi connectivity index (χ3v) is 11.9. The molecule has 2 heterocycles. The van der Waals surface area contributed by atoms with Gasteiger partial charge in [-0.2, -0.15) is 0 Å². The first kappa shape index (κ1) is 11.7. The number of alkyl halides is 2. The Kier molecular flexibility index (Phi) is 2.39. The number of fused-ring (bicyclic) bond motifs is 3. The Hall–Kier alpha value is 0.850. The van der Waals surface area contributed by atoms with Crippen LogP contribution in [0.4, 0.5) is 0 Å². The summed E-state index contributed by atoms with van der Waals surface area (Å²) in [6, 6.07) is 0. The Bertz CT molecular complexity index is 399. The van der Waals surface area contributed by atoms with Gasteiger partial charge in [0.25, 0.3) is 0 Å². The predicted molar refractivity (Wildman–Crippen MR) is 80.8 cm³/mol. The van der Waals surface area contributed by atoms with Crippen molar-refractivity contribution in [3.63, 3.8) is 0 Å². The van der Waals surface area contributed by atoms with Gasteiger partial charge in [-0.15, -0.1) is 0 Å². The number of ether oxygens (including phenoxy) is 1. The number of halogens is 2. The molecule has 2 saturated heterocycles. The summed E-state index contributed by atoms with van der Waals surface area (Å²) in [6.45, 7) is 2.15. The molecule has 0 aromatic heterocycles. The Morgan fingerprint density at radius 1 is 1.53 bits per heavy atom. The first-order valence-electron chi connectivity index (χ1n) is 6.16. The molecule has 96 valence electrons. The number of esters is 1. The third-order valence-electron chi connectivity index (χ3n) is 4.68. The van der Waals surface area contributed by atoms with Crippen molar-refractivity contribution in [2.75, 3.05) is 0 Å². The first-order valence-corrected chi connectivity index (χ1v) is 10.6. The number of rotatable bonds is 3. The van der Waals surface area contributed by atoms with Gasteiger partial charge >= 0.3 is 123 Å². The van der Waals surface area contributed by atoms with Crippen LogP contribution >= 0.6 is 43.0 Å². The van der Waals surface area contributed by atoms with Crippen LogP contribution < -0.4 is 7.06 Å². The SMILES string of the molecule is CC1(OC(=O)C(I)C23NI2N3)CC2CCC1C2. The van der Waals surface area contributed by atoms with Crippen molar-refractivity contribution in [3.05, 3.63) is 0 Å². The molecule has 4 rings (SSSR count). The summed E-state index contributed by atoms with van der Waals surface area (Å²) in [7, 11) is 0. The molecule has 4 nitrogen and oxygen atoms in total. The molecular weight excluding hydrogens is 446 g/mol. The molecule has 2 aliphatic heterocycles. The van der Waals surface area contributed by atoms with Crippen LogP contribution in [0.15, 0.2) is 0 Å². The van der Waals surface area contributed by atoms with E-state index in [0.717, 1.165) is 12.3 Å². The second-order valence-electron chi connectivity index (χ2n) is 5.86. The number of hydrogen-bond donors (Lipinski definition) is 2. The van der Waals surface area contributed by atoms with Crippen LogP contribution in [-0.4, -0.2) is 19.2 Å². The Morgan fingerprint density at radius 2 is 2.24 bits per heavy atom. The Balaban J connectivity index is 1.45. The molecule has 0 radical (unpaired) electrons. The number of hydrogen-bond acceptors (Lipinski definition) is 4. The van der Waals surface area contributed by atoms with Crippen LogP contribution in [0.1, 0.15) is 32.6 Å². The van der Waals surface area contributed by atoms with E-state index >= 15 is 0 Å². The van der Waals surface area contributed by atoms with E-state index in [1.165, 1.54) is 19.3 Å². The van der Waals surface area contributed by atoms with Gasteiger partial charge in [-0.05, 0) is 0 Å². The molecule has 2 aliphatic carbocycles. The van der Waals surface area contributed by atoms with E-state index in [0.29, 0.717) is 5.92 Å². The van der Waals surface area contributed by atoms with Crippen molar-refractivity contribution < 1.29 is 9.53 Å². The van der Waals surface area contributed by atoms with E-state index in [4.69, 9.17) is 4.74 Å². The zero-order valence-corrected chi connectivity index (χ0v) is 13.9. The van der Waals surface area contributed by atoms with Gasteiger partial charge in [0.05, 0.1) is 0 Å². The van der Waals surface area contributed by atoms with Gasteiger partial charge in [-0.25, -0.2) is 0 Å². The molecule has 6 heteroatoms. The van der Waals surface area contributed by atoms with E-state index in [1.54, 1.807) is 0 Å². The molecule has 2 bridgehead atoms. The molecule has 0 aromatic rings. The normalized spacial score (nSPS) is 47.5. The quantitative estimate of drug-likeness (QED) is 0.169. The van der Waals surface area contributed by atoms with Gasteiger partial charge < -0.3 is 0 Å². The molecule has 2 N–H and O–H groups in total. The van der Waals surface area contributed by atoms with Crippen molar-refractivity contribution in [1.82, 2.24) is 7.06 Å². The average Bonchev–Trinajstić information content (AvgIpc) is 3.02. The summed E-state index contributed by atoms with van der Waals surface area (Å²) < 4.78 is 12.7. The fourth-order valence-corrected chi connectivity index (χ4v) is 10.9. The van der Waals surface area contributed by atoms with Gasteiger partial charge in [0, 0.05) is 0 Å². The van der Waals surface area contributed by atoms with Crippen molar-refractivity contribution >= 4 is 48.9 Å². The maximum atomic E-state index is 12.2. The topological polar surface area (TPSA) is 70.2 Å². The van der Waals surface area contributed by atoms with Gasteiger partial charge in [0.2, 0.25) is 0 Å². The van der Waals surface area contributed by atoms with E-state index in [1.807, 2.05) is 0 Å². The van der Waals surface area contributed by atoms with Crippen LogP contribution in [0.25, 0.3) is 0 Å². The molecule has 0 amide bonds. The third kappa shape index (κ3) is 1.62. The first-order chi connectivity index (χ1) is 8.03. The van der Waals surface area contributed by atoms with Gasteiger partial charge in [0.15, 0.2) is 0 Å². The summed E-state index contributed by atoms with van der Waals surface area (Å²) in [5.74, 6) is 1.43. The minimum absolute atomic E-state index is 0.00190. The van der Waals surface area contributed by atoms with Crippen LogP contribution in [0.2, 0.25) is 0 Å². The average molecular weight is 462 g/mol. The van der Waals surface area contributed by atoms with Crippen LogP contribution in [0.5, 0.6) is 0 Å². The number of carbonyl (C=O) groups is 1. The fraction of sp³-hybridized carbons (Fsp3) is 0.909. The van der Waals surface area contributed by atoms with Crippen LogP contribution in [0.3, 0.4) is 0 Å². The standard InChI is InChI=1S/C11H16I2N2O2/c1-10(5-6-2-3-7(10)4-6)17-9(16)8(12)11-13(14-11)15-11/h6-8,14-15H,2-5H2,1H3. The zero-order valence-electron chi connectivity index (χ0n) is 9.63. The van der Waals surface area contributed by atoms with Gasteiger partial charge in [-0.3, -0.25) is 0 Å². The van der Waals surface area contributed by atoms with E-state index < -0.39 is 20.4 Å². The summed E-state index contributed by atoms with van der Waals surface area (Å²) >= 11 is 1.22. The van der Waals surface area contributed by atoms with Gasteiger partial charge in [-0.1, -0.05) is 0 Å². The number of carbonyl (C=O) groups excluding carboxylic acids is 1. The van der Waals surface area contributed by atoms with E-state index in [2.05, 4.69) is 36.6 Å². The molecule has 4 aliphatic rings. The maximum absolute atomic E-state index is 12.2. The molecule has 17 heavy (non-hydrogen) atoms. The van der Waals surface area contributed by atoms with Crippen LogP contribution in [0, 0.1) is 11.8 Å². The second kappa shape index (κ2) is 3.49.